The SMILES string of the molecule is O=C(O)CC1(C(=O)NCc2nc(-c3ccc[nH]c3=O)cs2)Cc2ccccc2C1. The molecule has 0 unspecified atom stereocenters. The standard InChI is InChI=1S/C21H19N3O4S/c25-18(26)10-21(8-13-4-1-2-5-14(13)9-21)20(28)23-11-17-24-16(12-29-17)15-6-3-7-22-19(15)27/h1-7,12H,8-11H2,(H,22,27)(H,23,28)(H,25,26). The molecule has 29 heavy (non-hydrogen) atoms. The quantitative estimate of drug-likeness (QED) is 0.579. The molecule has 148 valence electrons. The molecule has 3 N–H and O–H groups in total. The van der Waals surface area contributed by atoms with E-state index in [2.05, 4.69) is 15.3 Å². The number of carboxylic acid groups (broad SMARTS) is 1. The van der Waals surface area contributed by atoms with Crippen LogP contribution in [0.4, 0.5) is 0 Å². The number of amides is 1. The Morgan fingerprint density at radius 1 is 1.17 bits per heavy atom. The summed E-state index contributed by atoms with van der Waals surface area (Å²) in [6.07, 6.45) is 2.14. The zero-order chi connectivity index (χ0) is 20.4. The molecular formula is C21H19N3O4S. The fraction of sp³-hybridized carbons (Fsp3) is 0.238. The highest BCUT2D eigenvalue weighted by atomic mass is 32.1. The third-order valence-electron chi connectivity index (χ3n) is 5.19. The van der Waals surface area contributed by atoms with Crippen LogP contribution in [-0.2, 0) is 29.0 Å². The number of rotatable bonds is 6. The van der Waals surface area contributed by atoms with Gasteiger partial charge in [-0.1, -0.05) is 24.3 Å². The number of nitrogens with one attached hydrogen (secondary N) is 2. The monoisotopic (exact) mass is 409 g/mol. The lowest BCUT2D eigenvalue weighted by atomic mass is 9.80. The van der Waals surface area contributed by atoms with Crippen LogP contribution in [0.1, 0.15) is 22.6 Å². The molecule has 1 aliphatic rings. The fourth-order valence-corrected chi connectivity index (χ4v) is 4.57. The number of pyridine rings is 1. The predicted molar refractivity (Wildman–Crippen MR) is 109 cm³/mol. The number of aromatic nitrogens is 2. The van der Waals surface area contributed by atoms with Gasteiger partial charge < -0.3 is 15.4 Å². The minimum atomic E-state index is -0.994. The van der Waals surface area contributed by atoms with Gasteiger partial charge in [-0.25, -0.2) is 4.98 Å². The Morgan fingerprint density at radius 2 is 1.90 bits per heavy atom. The van der Waals surface area contributed by atoms with Gasteiger partial charge in [0, 0.05) is 11.6 Å². The number of aliphatic carboxylic acids is 1. The zero-order valence-corrected chi connectivity index (χ0v) is 16.3. The van der Waals surface area contributed by atoms with Crippen molar-refractivity contribution >= 4 is 23.2 Å². The number of fused-ring (bicyclic) bond motifs is 1. The Morgan fingerprint density at radius 3 is 2.55 bits per heavy atom. The second-order valence-corrected chi connectivity index (χ2v) is 8.14. The molecule has 3 aromatic rings. The number of carboxylic acids is 1. The van der Waals surface area contributed by atoms with Gasteiger partial charge in [0.2, 0.25) is 5.91 Å². The van der Waals surface area contributed by atoms with Gasteiger partial charge in [0.25, 0.3) is 5.56 Å². The highest BCUT2D eigenvalue weighted by Crippen LogP contribution is 2.40. The Hall–Kier alpha value is -3.26. The lowest BCUT2D eigenvalue weighted by Gasteiger charge is -2.25. The number of H-pyrrole nitrogens is 1. The van der Waals surface area contributed by atoms with Gasteiger partial charge in [0.15, 0.2) is 0 Å². The van der Waals surface area contributed by atoms with E-state index in [0.29, 0.717) is 29.1 Å². The average Bonchev–Trinajstić information content (AvgIpc) is 3.30. The summed E-state index contributed by atoms with van der Waals surface area (Å²) in [4.78, 5) is 43.4. The van der Waals surface area contributed by atoms with Crippen LogP contribution in [0.15, 0.2) is 52.8 Å². The van der Waals surface area contributed by atoms with Crippen LogP contribution in [0.5, 0.6) is 0 Å². The second-order valence-electron chi connectivity index (χ2n) is 7.20. The van der Waals surface area contributed by atoms with E-state index in [-0.39, 0.29) is 24.4 Å². The first kappa shape index (κ1) is 19.1. The molecule has 0 fully saturated rings. The summed E-state index contributed by atoms with van der Waals surface area (Å²) in [5.41, 5.74) is 1.83. The molecular weight excluding hydrogens is 390 g/mol. The fourth-order valence-electron chi connectivity index (χ4n) is 3.83. The summed E-state index contributed by atoms with van der Waals surface area (Å²) >= 11 is 1.34. The van der Waals surface area contributed by atoms with Crippen molar-refractivity contribution in [2.24, 2.45) is 5.41 Å². The maximum absolute atomic E-state index is 13.0. The number of hydrogen-bond acceptors (Lipinski definition) is 5. The van der Waals surface area contributed by atoms with E-state index in [1.165, 1.54) is 11.3 Å². The molecule has 0 radical (unpaired) electrons. The summed E-state index contributed by atoms with van der Waals surface area (Å²) in [6.45, 7) is 0.186. The maximum atomic E-state index is 13.0. The number of nitrogens with zero attached hydrogens (tertiary/aromatic N) is 1. The number of carbonyl (C=O) groups is 2. The Balaban J connectivity index is 1.49. The van der Waals surface area contributed by atoms with Crippen molar-refractivity contribution in [2.75, 3.05) is 0 Å². The molecule has 0 bridgehead atoms. The van der Waals surface area contributed by atoms with Crippen molar-refractivity contribution in [3.05, 3.63) is 74.5 Å². The van der Waals surface area contributed by atoms with E-state index in [0.717, 1.165) is 11.1 Å². The van der Waals surface area contributed by atoms with Crippen LogP contribution in [0.2, 0.25) is 0 Å². The number of carbonyl (C=O) groups excluding carboxylic acids is 1. The van der Waals surface area contributed by atoms with Gasteiger partial charge in [-0.3, -0.25) is 14.4 Å². The maximum Gasteiger partial charge on any atom is 0.304 e. The number of hydrogen-bond donors (Lipinski definition) is 3. The molecule has 0 aliphatic heterocycles. The van der Waals surface area contributed by atoms with Crippen molar-refractivity contribution in [2.45, 2.75) is 25.8 Å². The summed E-state index contributed by atoms with van der Waals surface area (Å²) in [6, 6.07) is 11.1. The van der Waals surface area contributed by atoms with Crippen LogP contribution < -0.4 is 10.9 Å². The second kappa shape index (κ2) is 7.63. The van der Waals surface area contributed by atoms with E-state index in [9.17, 15) is 19.5 Å². The Labute approximate surface area is 170 Å². The van der Waals surface area contributed by atoms with E-state index in [1.807, 2.05) is 24.3 Å². The Kier molecular flexibility index (Phi) is 5.02. The molecule has 1 amide bonds. The third-order valence-corrected chi connectivity index (χ3v) is 6.04. The first-order chi connectivity index (χ1) is 14.0. The van der Waals surface area contributed by atoms with Crippen molar-refractivity contribution in [1.82, 2.24) is 15.3 Å². The third kappa shape index (κ3) is 3.84. The van der Waals surface area contributed by atoms with E-state index in [1.54, 1.807) is 23.7 Å². The molecule has 0 saturated carbocycles. The molecule has 1 aliphatic carbocycles. The van der Waals surface area contributed by atoms with Gasteiger partial charge >= 0.3 is 5.97 Å². The van der Waals surface area contributed by atoms with Gasteiger partial charge in [-0.2, -0.15) is 0 Å². The van der Waals surface area contributed by atoms with Crippen molar-refractivity contribution < 1.29 is 14.7 Å². The molecule has 2 heterocycles. The normalized spacial score (nSPS) is 14.3. The molecule has 7 nitrogen and oxygen atoms in total. The van der Waals surface area contributed by atoms with Crippen LogP contribution in [-0.4, -0.2) is 27.0 Å². The summed E-state index contributed by atoms with van der Waals surface area (Å²) in [7, 11) is 0. The highest BCUT2D eigenvalue weighted by molar-refractivity contribution is 7.09. The van der Waals surface area contributed by atoms with Crippen LogP contribution in [0.3, 0.4) is 0 Å². The van der Waals surface area contributed by atoms with Crippen LogP contribution in [0, 0.1) is 5.41 Å². The largest absolute Gasteiger partial charge is 0.481 e. The van der Waals surface area contributed by atoms with Crippen LogP contribution in [0.25, 0.3) is 11.3 Å². The molecule has 0 saturated heterocycles. The first-order valence-corrected chi connectivity index (χ1v) is 10.0. The summed E-state index contributed by atoms with van der Waals surface area (Å²) in [5, 5.41) is 14.7. The number of thiazole rings is 1. The minimum absolute atomic E-state index is 0.186. The van der Waals surface area contributed by atoms with Gasteiger partial charge in [0.05, 0.1) is 29.6 Å². The molecule has 0 atom stereocenters. The molecule has 1 aromatic carbocycles. The van der Waals surface area contributed by atoms with E-state index >= 15 is 0 Å². The number of benzene rings is 1. The average molecular weight is 409 g/mol. The topological polar surface area (TPSA) is 112 Å². The van der Waals surface area contributed by atoms with Gasteiger partial charge in [-0.05, 0) is 36.1 Å². The Bertz CT molecular complexity index is 1110. The van der Waals surface area contributed by atoms with Crippen LogP contribution >= 0.6 is 11.3 Å². The lowest BCUT2D eigenvalue weighted by molar-refractivity contribution is -0.145. The minimum Gasteiger partial charge on any atom is -0.481 e. The zero-order valence-electron chi connectivity index (χ0n) is 15.5. The van der Waals surface area contributed by atoms with Gasteiger partial charge in [-0.15, -0.1) is 11.3 Å². The van der Waals surface area contributed by atoms with Crippen molar-refractivity contribution in [3.8, 4) is 11.3 Å². The summed E-state index contributed by atoms with van der Waals surface area (Å²) < 4.78 is 0. The molecule has 2 aromatic heterocycles. The van der Waals surface area contributed by atoms with Crippen molar-refractivity contribution in [1.29, 1.82) is 0 Å². The predicted octanol–water partition coefficient (Wildman–Crippen LogP) is 2.37. The smallest absolute Gasteiger partial charge is 0.304 e. The number of aromatic amines is 1. The van der Waals surface area contributed by atoms with E-state index < -0.39 is 11.4 Å². The molecule has 4 rings (SSSR count). The molecule has 8 heteroatoms. The van der Waals surface area contributed by atoms with Crippen molar-refractivity contribution in [3.63, 3.8) is 0 Å². The lowest BCUT2D eigenvalue weighted by Crippen LogP contribution is -2.43. The van der Waals surface area contributed by atoms with E-state index in [4.69, 9.17) is 0 Å². The van der Waals surface area contributed by atoms with Gasteiger partial charge in [0.1, 0.15) is 5.01 Å². The summed E-state index contributed by atoms with van der Waals surface area (Å²) in [5.74, 6) is -1.28. The first-order valence-electron chi connectivity index (χ1n) is 9.16. The highest BCUT2D eigenvalue weighted by Gasteiger charge is 2.45. The molecule has 0 spiro atoms.